The highest BCUT2D eigenvalue weighted by molar-refractivity contribution is 6.11. The van der Waals surface area contributed by atoms with Gasteiger partial charge in [0.05, 0.1) is 19.3 Å². The Morgan fingerprint density at radius 1 is 0.962 bits per heavy atom. The average molecular weight is 356 g/mol. The van der Waals surface area contributed by atoms with E-state index in [1.165, 1.54) is 38.9 Å². The summed E-state index contributed by atoms with van der Waals surface area (Å²) in [5.74, 6) is 0.564. The highest BCUT2D eigenvalue weighted by Crippen LogP contribution is 2.35. The van der Waals surface area contributed by atoms with Gasteiger partial charge in [-0.1, -0.05) is 69.4 Å². The standard InChI is InChI=1S/C22H28O4/c1-3-4-5-6-7-11-14-26-21-15-18(19(23)16-20(21)25-2)22(24)17-12-9-8-10-13-17/h8-10,12-13,15-16,23H,3-7,11,14H2,1-2H3. The average Bonchev–Trinajstić information content (AvgIpc) is 2.68. The summed E-state index contributed by atoms with van der Waals surface area (Å²) in [6.45, 7) is 2.76. The summed E-state index contributed by atoms with van der Waals surface area (Å²) in [6.07, 6.45) is 7.05. The first kappa shape index (κ1) is 19.8. The lowest BCUT2D eigenvalue weighted by molar-refractivity contribution is 0.103. The predicted octanol–water partition coefficient (Wildman–Crippen LogP) is 5.37. The minimum Gasteiger partial charge on any atom is -0.507 e. The van der Waals surface area contributed by atoms with Crippen LogP contribution in [0.2, 0.25) is 0 Å². The first-order chi connectivity index (χ1) is 12.7. The molecule has 4 nitrogen and oxygen atoms in total. The Bertz CT molecular complexity index is 695. The number of benzene rings is 2. The molecule has 4 heteroatoms. The largest absolute Gasteiger partial charge is 0.507 e. The van der Waals surface area contributed by atoms with Crippen LogP contribution in [-0.2, 0) is 0 Å². The molecule has 0 aliphatic carbocycles. The number of rotatable bonds is 11. The number of phenolic OH excluding ortho intramolecular Hbond substituents is 1. The molecule has 2 aromatic carbocycles. The fourth-order valence-corrected chi connectivity index (χ4v) is 2.81. The zero-order chi connectivity index (χ0) is 18.8. The Hall–Kier alpha value is -2.49. The number of hydrogen-bond donors (Lipinski definition) is 1. The van der Waals surface area contributed by atoms with Crippen molar-refractivity contribution in [3.63, 3.8) is 0 Å². The number of unbranched alkanes of at least 4 members (excludes halogenated alkanes) is 5. The molecule has 0 fully saturated rings. The molecule has 0 saturated heterocycles. The van der Waals surface area contributed by atoms with E-state index in [2.05, 4.69) is 6.92 Å². The lowest BCUT2D eigenvalue weighted by Gasteiger charge is -2.13. The second-order valence-electron chi connectivity index (χ2n) is 6.33. The minimum atomic E-state index is -0.241. The van der Waals surface area contributed by atoms with Gasteiger partial charge in [-0.15, -0.1) is 0 Å². The summed E-state index contributed by atoms with van der Waals surface area (Å²) >= 11 is 0. The maximum atomic E-state index is 12.6. The number of ketones is 1. The van der Waals surface area contributed by atoms with Crippen LogP contribution in [-0.4, -0.2) is 24.6 Å². The maximum absolute atomic E-state index is 12.6. The van der Waals surface area contributed by atoms with E-state index in [0.717, 1.165) is 12.8 Å². The smallest absolute Gasteiger partial charge is 0.196 e. The molecule has 0 bridgehead atoms. The van der Waals surface area contributed by atoms with Crippen molar-refractivity contribution in [2.24, 2.45) is 0 Å². The van der Waals surface area contributed by atoms with E-state index in [1.54, 1.807) is 30.3 Å². The second-order valence-corrected chi connectivity index (χ2v) is 6.33. The Morgan fingerprint density at radius 2 is 1.65 bits per heavy atom. The topological polar surface area (TPSA) is 55.8 Å². The molecule has 0 spiro atoms. The van der Waals surface area contributed by atoms with Crippen molar-refractivity contribution in [3.8, 4) is 17.2 Å². The van der Waals surface area contributed by atoms with E-state index in [0.29, 0.717) is 23.7 Å². The van der Waals surface area contributed by atoms with Gasteiger partial charge >= 0.3 is 0 Å². The van der Waals surface area contributed by atoms with E-state index in [9.17, 15) is 9.90 Å². The van der Waals surface area contributed by atoms with E-state index >= 15 is 0 Å². The van der Waals surface area contributed by atoms with E-state index < -0.39 is 0 Å². The highest BCUT2D eigenvalue weighted by Gasteiger charge is 2.18. The lowest BCUT2D eigenvalue weighted by atomic mass is 10.0. The van der Waals surface area contributed by atoms with Gasteiger partial charge in [-0.2, -0.15) is 0 Å². The molecule has 0 aliphatic rings. The van der Waals surface area contributed by atoms with E-state index in [4.69, 9.17) is 9.47 Å². The summed E-state index contributed by atoms with van der Waals surface area (Å²) in [7, 11) is 1.52. The molecular formula is C22H28O4. The van der Waals surface area contributed by atoms with Gasteiger partial charge in [0.25, 0.3) is 0 Å². The molecule has 0 atom stereocenters. The van der Waals surface area contributed by atoms with Crippen LogP contribution in [0.25, 0.3) is 0 Å². The molecular weight excluding hydrogens is 328 g/mol. The van der Waals surface area contributed by atoms with Crippen molar-refractivity contribution in [3.05, 3.63) is 53.6 Å². The third-order valence-corrected chi connectivity index (χ3v) is 4.32. The Kier molecular flexibility index (Phi) is 8.00. The van der Waals surface area contributed by atoms with Crippen LogP contribution in [0.4, 0.5) is 0 Å². The van der Waals surface area contributed by atoms with Crippen molar-refractivity contribution in [2.75, 3.05) is 13.7 Å². The molecule has 26 heavy (non-hydrogen) atoms. The fourth-order valence-electron chi connectivity index (χ4n) is 2.81. The van der Waals surface area contributed by atoms with Crippen LogP contribution in [0.5, 0.6) is 17.2 Å². The summed E-state index contributed by atoms with van der Waals surface area (Å²) in [5.41, 5.74) is 0.741. The summed E-state index contributed by atoms with van der Waals surface area (Å²) in [4.78, 5) is 12.6. The quantitative estimate of drug-likeness (QED) is 0.434. The third kappa shape index (κ3) is 5.51. The van der Waals surface area contributed by atoms with Gasteiger partial charge in [-0.3, -0.25) is 4.79 Å². The molecule has 2 rings (SSSR count). The first-order valence-electron chi connectivity index (χ1n) is 9.31. The molecule has 0 aromatic heterocycles. The van der Waals surface area contributed by atoms with Gasteiger partial charge in [0.2, 0.25) is 0 Å². The number of phenols is 1. The molecule has 0 radical (unpaired) electrons. The zero-order valence-electron chi connectivity index (χ0n) is 15.7. The predicted molar refractivity (Wildman–Crippen MR) is 103 cm³/mol. The Balaban J connectivity index is 2.05. The number of aromatic hydroxyl groups is 1. The summed E-state index contributed by atoms with van der Waals surface area (Å²) < 4.78 is 11.1. The number of carbonyl (C=O) groups excluding carboxylic acids is 1. The molecule has 0 heterocycles. The normalized spacial score (nSPS) is 10.5. The van der Waals surface area contributed by atoms with E-state index in [-0.39, 0.29) is 17.1 Å². The monoisotopic (exact) mass is 356 g/mol. The van der Waals surface area contributed by atoms with Gasteiger partial charge in [-0.25, -0.2) is 0 Å². The molecule has 140 valence electrons. The van der Waals surface area contributed by atoms with Crippen LogP contribution in [0.1, 0.15) is 61.4 Å². The van der Waals surface area contributed by atoms with Gasteiger partial charge in [-0.05, 0) is 12.5 Å². The molecule has 0 amide bonds. The van der Waals surface area contributed by atoms with Gasteiger partial charge < -0.3 is 14.6 Å². The number of ether oxygens (including phenoxy) is 2. The molecule has 0 saturated carbocycles. The van der Waals surface area contributed by atoms with Crippen LogP contribution in [0.3, 0.4) is 0 Å². The van der Waals surface area contributed by atoms with Crippen molar-refractivity contribution in [1.82, 2.24) is 0 Å². The van der Waals surface area contributed by atoms with Crippen LogP contribution < -0.4 is 9.47 Å². The summed E-state index contributed by atoms with van der Waals surface area (Å²) in [6, 6.07) is 11.9. The van der Waals surface area contributed by atoms with Crippen molar-refractivity contribution in [2.45, 2.75) is 45.4 Å². The van der Waals surface area contributed by atoms with Crippen molar-refractivity contribution in [1.29, 1.82) is 0 Å². The lowest BCUT2D eigenvalue weighted by Crippen LogP contribution is -2.05. The van der Waals surface area contributed by atoms with Crippen LogP contribution in [0.15, 0.2) is 42.5 Å². The molecule has 1 N–H and O–H groups in total. The number of hydrogen-bond acceptors (Lipinski definition) is 4. The summed E-state index contributed by atoms with van der Waals surface area (Å²) in [5, 5.41) is 10.2. The molecule has 0 unspecified atom stereocenters. The Morgan fingerprint density at radius 3 is 2.35 bits per heavy atom. The Labute approximate surface area is 155 Å². The number of carbonyl (C=O) groups is 1. The van der Waals surface area contributed by atoms with E-state index in [1.807, 2.05) is 6.07 Å². The van der Waals surface area contributed by atoms with Gasteiger partial charge in [0, 0.05) is 11.6 Å². The maximum Gasteiger partial charge on any atom is 0.196 e. The zero-order valence-corrected chi connectivity index (χ0v) is 15.7. The number of methoxy groups -OCH3 is 1. The van der Waals surface area contributed by atoms with Crippen molar-refractivity contribution < 1.29 is 19.4 Å². The minimum absolute atomic E-state index is 0.109. The van der Waals surface area contributed by atoms with Crippen LogP contribution >= 0.6 is 0 Å². The van der Waals surface area contributed by atoms with Gasteiger partial charge in [0.15, 0.2) is 17.3 Å². The SMILES string of the molecule is CCCCCCCCOc1cc(C(=O)c2ccccc2)c(O)cc1OC. The first-order valence-corrected chi connectivity index (χ1v) is 9.31. The molecule has 0 aliphatic heterocycles. The van der Waals surface area contributed by atoms with Crippen molar-refractivity contribution >= 4 is 5.78 Å². The van der Waals surface area contributed by atoms with Gasteiger partial charge in [0.1, 0.15) is 5.75 Å². The van der Waals surface area contributed by atoms with Crippen LogP contribution in [0, 0.1) is 0 Å². The third-order valence-electron chi connectivity index (χ3n) is 4.32. The fraction of sp³-hybridized carbons (Fsp3) is 0.409. The second kappa shape index (κ2) is 10.5. The molecule has 2 aromatic rings. The highest BCUT2D eigenvalue weighted by atomic mass is 16.5.